The highest BCUT2D eigenvalue weighted by molar-refractivity contribution is 5.89. The van der Waals surface area contributed by atoms with E-state index in [0.29, 0.717) is 5.56 Å². The zero-order valence-electron chi connectivity index (χ0n) is 31.5. The number of rotatable bonds is 4. The first kappa shape index (κ1) is 31.9. The molecule has 6 aromatic carbocycles. The summed E-state index contributed by atoms with van der Waals surface area (Å²) in [7, 11) is 0. The monoisotopic (exact) mass is 710 g/mol. The van der Waals surface area contributed by atoms with Crippen LogP contribution in [0.1, 0.15) is 92.0 Å². The number of nitriles is 1. The van der Waals surface area contributed by atoms with Crippen LogP contribution in [-0.2, 0) is 10.8 Å². The van der Waals surface area contributed by atoms with Gasteiger partial charge in [-0.25, -0.2) is 0 Å². The van der Waals surface area contributed by atoms with Gasteiger partial charge >= 0.3 is 0 Å². The average Bonchev–Trinajstić information content (AvgIpc) is 3.67. The van der Waals surface area contributed by atoms with Gasteiger partial charge in [0, 0.05) is 27.9 Å². The van der Waals surface area contributed by atoms with Crippen molar-refractivity contribution in [1.29, 1.82) is 5.26 Å². The largest absolute Gasteiger partial charge is 0.310 e. The molecule has 13 rings (SSSR count). The molecule has 4 bridgehead atoms. The van der Waals surface area contributed by atoms with Crippen LogP contribution in [0.25, 0.3) is 33.4 Å². The van der Waals surface area contributed by atoms with Gasteiger partial charge in [-0.05, 0) is 173 Å². The van der Waals surface area contributed by atoms with Crippen molar-refractivity contribution < 1.29 is 0 Å². The number of anilines is 3. The topological polar surface area (TPSA) is 27.0 Å². The van der Waals surface area contributed by atoms with Gasteiger partial charge in [-0.2, -0.15) is 5.26 Å². The van der Waals surface area contributed by atoms with Crippen molar-refractivity contribution in [2.75, 3.05) is 4.90 Å². The minimum Gasteiger partial charge on any atom is -0.310 e. The molecule has 268 valence electrons. The van der Waals surface area contributed by atoms with E-state index < -0.39 is 0 Å². The Labute approximate surface area is 325 Å². The summed E-state index contributed by atoms with van der Waals surface area (Å²) in [4.78, 5) is 2.56. The Bertz CT molecular complexity index is 2550. The van der Waals surface area contributed by atoms with Crippen LogP contribution in [0.5, 0.6) is 0 Å². The average molecular weight is 711 g/mol. The first-order valence-electron chi connectivity index (χ1n) is 21.0. The third-order valence-electron chi connectivity index (χ3n) is 15.4. The molecule has 5 fully saturated rings. The minimum absolute atomic E-state index is 0.0788. The molecule has 0 aromatic heterocycles. The van der Waals surface area contributed by atoms with Crippen molar-refractivity contribution in [2.45, 2.75) is 75.0 Å². The summed E-state index contributed by atoms with van der Waals surface area (Å²) in [6.45, 7) is 0. The lowest BCUT2D eigenvalue weighted by molar-refractivity contribution is -0.0399. The van der Waals surface area contributed by atoms with Gasteiger partial charge in [-0.15, -0.1) is 0 Å². The highest BCUT2D eigenvalue weighted by atomic mass is 15.1. The summed E-state index contributed by atoms with van der Waals surface area (Å²) in [5.41, 5.74) is 18.7. The van der Waals surface area contributed by atoms with Gasteiger partial charge in [-0.3, -0.25) is 0 Å². The molecule has 0 amide bonds. The predicted molar refractivity (Wildman–Crippen MR) is 224 cm³/mol. The Morgan fingerprint density at radius 1 is 0.473 bits per heavy atom. The number of fused-ring (bicyclic) bond motifs is 8. The molecule has 2 heteroatoms. The van der Waals surface area contributed by atoms with Crippen LogP contribution in [0.2, 0.25) is 0 Å². The van der Waals surface area contributed by atoms with Crippen LogP contribution in [0, 0.1) is 35.0 Å². The Hall–Kier alpha value is -5.39. The fraction of sp³-hybridized carbons (Fsp3) is 0.302. The van der Waals surface area contributed by atoms with Gasteiger partial charge in [0.15, 0.2) is 0 Å². The molecule has 0 aliphatic heterocycles. The molecule has 0 N–H and O–H groups in total. The Balaban J connectivity index is 1.07. The third-order valence-corrected chi connectivity index (χ3v) is 15.4. The molecule has 2 spiro atoms. The van der Waals surface area contributed by atoms with Crippen molar-refractivity contribution >= 4 is 17.1 Å². The molecule has 7 aliphatic carbocycles. The van der Waals surface area contributed by atoms with E-state index in [1.165, 1.54) is 109 Å². The van der Waals surface area contributed by atoms with Crippen LogP contribution in [0.3, 0.4) is 0 Å². The van der Waals surface area contributed by atoms with Crippen LogP contribution in [0.15, 0.2) is 133 Å². The van der Waals surface area contributed by atoms with E-state index in [0.717, 1.165) is 40.5 Å². The molecule has 0 radical (unpaired) electrons. The van der Waals surface area contributed by atoms with Gasteiger partial charge in [0.1, 0.15) is 0 Å². The Morgan fingerprint density at radius 3 is 1.75 bits per heavy atom. The maximum Gasteiger partial charge on any atom is 0.0991 e. The van der Waals surface area contributed by atoms with E-state index >= 15 is 0 Å². The van der Waals surface area contributed by atoms with E-state index in [4.69, 9.17) is 0 Å². The van der Waals surface area contributed by atoms with Crippen molar-refractivity contribution in [1.82, 2.24) is 0 Å². The van der Waals surface area contributed by atoms with Gasteiger partial charge in [0.25, 0.3) is 0 Å². The lowest BCUT2D eigenvalue weighted by Crippen LogP contribution is -2.55. The standard InChI is InChI=1S/C53H46N2/c54-33-34-10-8-11-37(25-34)38-12-9-13-41(30-38)55(42-18-20-46-44-14-2-4-16-48(44)52(50(46)31-42)22-6-1-7-23-52)43-19-21-47-45-15-3-5-17-49(45)53(51(47)32-43)39-26-35-24-36(28-39)29-40(53)27-35/h2-5,8-21,25,30-32,35-36,39-40H,1,6-7,22-24,26-29H2. The highest BCUT2D eigenvalue weighted by Gasteiger charge is 2.61. The molecular weight excluding hydrogens is 665 g/mol. The predicted octanol–water partition coefficient (Wildman–Crippen LogP) is 13.6. The normalized spacial score (nSPS) is 25.7. The van der Waals surface area contributed by atoms with Gasteiger partial charge < -0.3 is 4.90 Å². The third kappa shape index (κ3) is 4.42. The molecule has 0 saturated heterocycles. The Kier molecular flexibility index (Phi) is 6.85. The van der Waals surface area contributed by atoms with Crippen LogP contribution in [-0.4, -0.2) is 0 Å². The molecule has 0 heterocycles. The van der Waals surface area contributed by atoms with E-state index in [9.17, 15) is 5.26 Å². The van der Waals surface area contributed by atoms with E-state index in [2.05, 4.69) is 126 Å². The van der Waals surface area contributed by atoms with Crippen molar-refractivity contribution in [3.05, 3.63) is 161 Å². The summed E-state index contributed by atoms with van der Waals surface area (Å²) in [6.07, 6.45) is 13.3. The Morgan fingerprint density at radius 2 is 1.04 bits per heavy atom. The van der Waals surface area contributed by atoms with E-state index in [1.807, 2.05) is 18.2 Å². The highest BCUT2D eigenvalue weighted by Crippen LogP contribution is 2.69. The first-order chi connectivity index (χ1) is 27.1. The molecule has 6 aromatic rings. The zero-order valence-corrected chi connectivity index (χ0v) is 31.5. The summed E-state index contributed by atoms with van der Waals surface area (Å²) < 4.78 is 0. The fourth-order valence-electron chi connectivity index (χ4n) is 13.6. The van der Waals surface area contributed by atoms with Crippen LogP contribution >= 0.6 is 0 Å². The molecule has 5 saturated carbocycles. The second-order valence-electron chi connectivity index (χ2n) is 17.9. The van der Waals surface area contributed by atoms with E-state index in [1.54, 1.807) is 11.1 Å². The van der Waals surface area contributed by atoms with Gasteiger partial charge in [-0.1, -0.05) is 104 Å². The second-order valence-corrected chi connectivity index (χ2v) is 17.9. The summed E-state index contributed by atoms with van der Waals surface area (Å²) in [5, 5.41) is 9.76. The van der Waals surface area contributed by atoms with Crippen molar-refractivity contribution in [3.8, 4) is 39.4 Å². The number of benzene rings is 6. The number of hydrogen-bond donors (Lipinski definition) is 0. The number of nitrogens with zero attached hydrogens (tertiary/aromatic N) is 2. The first-order valence-corrected chi connectivity index (χ1v) is 21.0. The summed E-state index contributed by atoms with van der Waals surface area (Å²) in [6, 6.07) is 53.1. The quantitative estimate of drug-likeness (QED) is 0.182. The van der Waals surface area contributed by atoms with Crippen LogP contribution < -0.4 is 4.90 Å². The molecule has 2 nitrogen and oxygen atoms in total. The molecule has 7 aliphatic rings. The molecule has 55 heavy (non-hydrogen) atoms. The lowest BCUT2D eigenvalue weighted by atomic mass is 9.43. The van der Waals surface area contributed by atoms with Crippen molar-refractivity contribution in [3.63, 3.8) is 0 Å². The number of hydrogen-bond acceptors (Lipinski definition) is 2. The smallest absolute Gasteiger partial charge is 0.0991 e. The van der Waals surface area contributed by atoms with Gasteiger partial charge in [0.05, 0.1) is 11.6 Å². The van der Waals surface area contributed by atoms with Gasteiger partial charge in [0.2, 0.25) is 0 Å². The maximum atomic E-state index is 9.76. The molecule has 0 unspecified atom stereocenters. The van der Waals surface area contributed by atoms with Crippen molar-refractivity contribution in [2.24, 2.45) is 23.7 Å². The minimum atomic E-state index is 0.0788. The lowest BCUT2D eigenvalue weighted by Gasteiger charge is -2.61. The summed E-state index contributed by atoms with van der Waals surface area (Å²) in [5.74, 6) is 3.26. The fourth-order valence-corrected chi connectivity index (χ4v) is 13.6. The molecule has 0 atom stereocenters. The summed E-state index contributed by atoms with van der Waals surface area (Å²) >= 11 is 0. The second kappa shape index (κ2) is 11.8. The maximum absolute atomic E-state index is 9.76. The van der Waals surface area contributed by atoms with Crippen LogP contribution in [0.4, 0.5) is 17.1 Å². The zero-order chi connectivity index (χ0) is 36.3. The SMILES string of the molecule is N#Cc1cccc(-c2cccc(N(c3ccc4c(c3)C3(CCCCC3)c3ccccc3-4)c3ccc4c(c3)C3(c5ccccc5-4)C4CC5CC(C4)CC3C5)c2)c1. The van der Waals surface area contributed by atoms with E-state index in [-0.39, 0.29) is 10.8 Å². The molecular formula is C53H46N2.